The number of nitrogens with one attached hydrogen (secondary N) is 1. The molecule has 2 heterocycles. The number of hydrogen-bond acceptors (Lipinski definition) is 5. The molecule has 1 saturated heterocycles. The van der Waals surface area contributed by atoms with Gasteiger partial charge in [0.25, 0.3) is 0 Å². The Hall–Kier alpha value is -0.940. The lowest BCUT2D eigenvalue weighted by molar-refractivity contribution is -0.0106. The first-order valence-corrected chi connectivity index (χ1v) is 6.29. The lowest BCUT2D eigenvalue weighted by atomic mass is 9.99. The summed E-state index contributed by atoms with van der Waals surface area (Å²) in [6.07, 6.45) is 3.10. The molecule has 1 aromatic heterocycles. The topological polar surface area (TPSA) is 60.2 Å². The molecular formula is C12H21N3O2. The molecule has 96 valence electrons. The summed E-state index contributed by atoms with van der Waals surface area (Å²) >= 11 is 0. The smallest absolute Gasteiger partial charge is 0.231 e. The SMILES string of the molecule is CCC(C)(OC)c1noc(C2CCCNC2)n1. The van der Waals surface area contributed by atoms with Gasteiger partial charge in [-0.3, -0.25) is 0 Å². The molecule has 0 radical (unpaired) electrons. The van der Waals surface area contributed by atoms with Crippen LogP contribution in [0.25, 0.3) is 0 Å². The minimum Gasteiger partial charge on any atom is -0.370 e. The van der Waals surface area contributed by atoms with E-state index in [1.807, 2.05) is 6.92 Å². The third kappa shape index (κ3) is 2.50. The highest BCUT2D eigenvalue weighted by molar-refractivity contribution is 5.03. The molecule has 2 atom stereocenters. The zero-order valence-corrected chi connectivity index (χ0v) is 10.8. The quantitative estimate of drug-likeness (QED) is 0.868. The van der Waals surface area contributed by atoms with E-state index >= 15 is 0 Å². The van der Waals surface area contributed by atoms with E-state index in [0.29, 0.717) is 11.7 Å². The molecule has 0 spiro atoms. The molecular weight excluding hydrogens is 218 g/mol. The Labute approximate surface area is 102 Å². The molecule has 0 bridgehead atoms. The number of rotatable bonds is 4. The highest BCUT2D eigenvalue weighted by atomic mass is 16.5. The predicted octanol–water partition coefficient (Wildman–Crippen LogP) is 1.81. The van der Waals surface area contributed by atoms with Crippen LogP contribution in [0.1, 0.15) is 50.7 Å². The maximum absolute atomic E-state index is 5.47. The molecule has 1 aromatic rings. The van der Waals surface area contributed by atoms with E-state index in [4.69, 9.17) is 9.26 Å². The Balaban J connectivity index is 2.14. The normalized spacial score (nSPS) is 24.5. The van der Waals surface area contributed by atoms with Crippen LogP contribution in [0.5, 0.6) is 0 Å². The summed E-state index contributed by atoms with van der Waals surface area (Å²) in [6.45, 7) is 6.06. The van der Waals surface area contributed by atoms with Crippen molar-refractivity contribution < 1.29 is 9.26 Å². The molecule has 0 aliphatic carbocycles. The van der Waals surface area contributed by atoms with Crippen LogP contribution in [-0.2, 0) is 10.3 Å². The van der Waals surface area contributed by atoms with E-state index in [9.17, 15) is 0 Å². The molecule has 1 aliphatic heterocycles. The molecule has 1 aliphatic rings. The molecule has 0 aromatic carbocycles. The second kappa shape index (κ2) is 5.14. The Bertz CT molecular complexity index is 354. The molecule has 1 fully saturated rings. The maximum atomic E-state index is 5.47. The van der Waals surface area contributed by atoms with E-state index < -0.39 is 5.60 Å². The molecule has 2 unspecified atom stereocenters. The van der Waals surface area contributed by atoms with Crippen molar-refractivity contribution in [1.82, 2.24) is 15.5 Å². The summed E-state index contributed by atoms with van der Waals surface area (Å²) in [6, 6.07) is 0. The van der Waals surface area contributed by atoms with Gasteiger partial charge in [-0.25, -0.2) is 0 Å². The van der Waals surface area contributed by atoms with Gasteiger partial charge in [-0.1, -0.05) is 12.1 Å². The second-order valence-corrected chi connectivity index (χ2v) is 4.79. The average molecular weight is 239 g/mol. The summed E-state index contributed by atoms with van der Waals surface area (Å²) in [5.41, 5.74) is -0.441. The van der Waals surface area contributed by atoms with Crippen LogP contribution < -0.4 is 5.32 Å². The zero-order valence-electron chi connectivity index (χ0n) is 10.8. The van der Waals surface area contributed by atoms with Crippen LogP contribution in [0.2, 0.25) is 0 Å². The van der Waals surface area contributed by atoms with E-state index in [0.717, 1.165) is 38.2 Å². The molecule has 1 N–H and O–H groups in total. The molecule has 5 heteroatoms. The fourth-order valence-corrected chi connectivity index (χ4v) is 2.07. The van der Waals surface area contributed by atoms with Gasteiger partial charge in [-0.05, 0) is 32.7 Å². The summed E-state index contributed by atoms with van der Waals surface area (Å²) in [5, 5.41) is 7.42. The number of nitrogens with zero attached hydrogens (tertiary/aromatic N) is 2. The number of hydrogen-bond donors (Lipinski definition) is 1. The summed E-state index contributed by atoms with van der Waals surface area (Å²) in [4.78, 5) is 4.50. The number of piperidine rings is 1. The molecule has 5 nitrogen and oxygen atoms in total. The Morgan fingerprint density at radius 2 is 2.41 bits per heavy atom. The lowest BCUT2D eigenvalue weighted by Gasteiger charge is -2.22. The number of ether oxygens (including phenoxy) is 1. The first kappa shape index (κ1) is 12.5. The highest BCUT2D eigenvalue weighted by Gasteiger charge is 2.31. The van der Waals surface area contributed by atoms with Crippen molar-refractivity contribution in [2.45, 2.75) is 44.6 Å². The van der Waals surface area contributed by atoms with Gasteiger partial charge in [0.2, 0.25) is 11.7 Å². The summed E-state index contributed by atoms with van der Waals surface area (Å²) in [5.74, 6) is 1.75. The minimum absolute atomic E-state index is 0.350. The monoisotopic (exact) mass is 239 g/mol. The number of aromatic nitrogens is 2. The molecule has 17 heavy (non-hydrogen) atoms. The van der Waals surface area contributed by atoms with Crippen molar-refractivity contribution in [3.63, 3.8) is 0 Å². The Morgan fingerprint density at radius 3 is 3.00 bits per heavy atom. The molecule has 0 amide bonds. The van der Waals surface area contributed by atoms with Gasteiger partial charge in [0, 0.05) is 13.7 Å². The van der Waals surface area contributed by atoms with E-state index in [2.05, 4.69) is 22.4 Å². The number of methoxy groups -OCH3 is 1. The van der Waals surface area contributed by atoms with E-state index in [1.54, 1.807) is 7.11 Å². The van der Waals surface area contributed by atoms with Gasteiger partial charge in [0.15, 0.2) is 0 Å². The van der Waals surface area contributed by atoms with Gasteiger partial charge in [0.1, 0.15) is 5.60 Å². The Morgan fingerprint density at radius 1 is 1.59 bits per heavy atom. The van der Waals surface area contributed by atoms with Crippen molar-refractivity contribution in [3.8, 4) is 0 Å². The van der Waals surface area contributed by atoms with Gasteiger partial charge in [0.05, 0.1) is 5.92 Å². The zero-order chi connectivity index (χ0) is 12.3. The first-order valence-electron chi connectivity index (χ1n) is 6.29. The highest BCUT2D eigenvalue weighted by Crippen LogP contribution is 2.28. The van der Waals surface area contributed by atoms with E-state index in [1.165, 1.54) is 0 Å². The standard InChI is InChI=1S/C12H21N3O2/c1-4-12(2,16-3)11-14-10(17-15-11)9-6-5-7-13-8-9/h9,13H,4-8H2,1-3H3. The van der Waals surface area contributed by atoms with Gasteiger partial charge < -0.3 is 14.6 Å². The van der Waals surface area contributed by atoms with Crippen LogP contribution in [-0.4, -0.2) is 30.3 Å². The van der Waals surface area contributed by atoms with E-state index in [-0.39, 0.29) is 0 Å². The van der Waals surface area contributed by atoms with Crippen molar-refractivity contribution in [2.75, 3.05) is 20.2 Å². The van der Waals surface area contributed by atoms with Crippen LogP contribution in [0.4, 0.5) is 0 Å². The van der Waals surface area contributed by atoms with Gasteiger partial charge in [-0.15, -0.1) is 0 Å². The van der Waals surface area contributed by atoms with Crippen molar-refractivity contribution >= 4 is 0 Å². The molecule has 0 saturated carbocycles. The van der Waals surface area contributed by atoms with Crippen LogP contribution in [0.3, 0.4) is 0 Å². The third-order valence-corrected chi connectivity index (χ3v) is 3.69. The van der Waals surface area contributed by atoms with Crippen molar-refractivity contribution in [2.24, 2.45) is 0 Å². The minimum atomic E-state index is -0.441. The van der Waals surface area contributed by atoms with Gasteiger partial charge in [-0.2, -0.15) is 4.98 Å². The van der Waals surface area contributed by atoms with Crippen molar-refractivity contribution in [3.05, 3.63) is 11.7 Å². The largest absolute Gasteiger partial charge is 0.370 e. The van der Waals surface area contributed by atoms with Crippen LogP contribution in [0.15, 0.2) is 4.52 Å². The van der Waals surface area contributed by atoms with Crippen molar-refractivity contribution in [1.29, 1.82) is 0 Å². The third-order valence-electron chi connectivity index (χ3n) is 3.69. The lowest BCUT2D eigenvalue weighted by Crippen LogP contribution is -2.29. The first-order chi connectivity index (χ1) is 8.19. The maximum Gasteiger partial charge on any atom is 0.231 e. The van der Waals surface area contributed by atoms with Crippen LogP contribution in [0, 0.1) is 0 Å². The fourth-order valence-electron chi connectivity index (χ4n) is 2.07. The predicted molar refractivity (Wildman–Crippen MR) is 63.8 cm³/mol. The van der Waals surface area contributed by atoms with Gasteiger partial charge >= 0.3 is 0 Å². The molecule has 2 rings (SSSR count). The summed E-state index contributed by atoms with van der Waals surface area (Å²) < 4.78 is 10.8. The second-order valence-electron chi connectivity index (χ2n) is 4.79. The average Bonchev–Trinajstić information content (AvgIpc) is 2.89. The fraction of sp³-hybridized carbons (Fsp3) is 0.833. The Kier molecular flexibility index (Phi) is 3.79. The van der Waals surface area contributed by atoms with Crippen LogP contribution >= 0.6 is 0 Å². The summed E-state index contributed by atoms with van der Waals surface area (Å²) in [7, 11) is 1.68.